The number of nitrogens with one attached hydrogen (secondary N) is 1. The fourth-order valence-electron chi connectivity index (χ4n) is 4.04. The van der Waals surface area contributed by atoms with Gasteiger partial charge in [0.2, 0.25) is 0 Å². The van der Waals surface area contributed by atoms with Crippen molar-refractivity contribution in [3.05, 3.63) is 35.4 Å². The van der Waals surface area contributed by atoms with Crippen molar-refractivity contribution < 1.29 is 5.21 Å². The van der Waals surface area contributed by atoms with Crippen LogP contribution in [0, 0.1) is 0 Å². The van der Waals surface area contributed by atoms with Gasteiger partial charge in [0, 0.05) is 12.0 Å². The zero-order valence-corrected chi connectivity index (χ0v) is 12.4. The molecule has 1 fully saturated rings. The van der Waals surface area contributed by atoms with Crippen LogP contribution in [0.25, 0.3) is 0 Å². The first-order valence-electron chi connectivity index (χ1n) is 7.76. The Balaban J connectivity index is 1.96. The average Bonchev–Trinajstić information content (AvgIpc) is 2.69. The third kappa shape index (κ3) is 2.05. The highest BCUT2D eigenvalue weighted by molar-refractivity contribution is 6.03. The summed E-state index contributed by atoms with van der Waals surface area (Å²) in [5.41, 5.74) is 3.08. The van der Waals surface area contributed by atoms with Crippen LogP contribution in [0.5, 0.6) is 0 Å². The molecule has 2 aliphatic rings. The third-order valence-electron chi connectivity index (χ3n) is 5.09. The molecule has 108 valence electrons. The number of fused-ring (bicyclic) bond motifs is 1. The molecule has 2 aliphatic carbocycles. The number of nitrogens with zero attached hydrogens (tertiary/aromatic N) is 1. The molecule has 0 spiro atoms. The molecular formula is C17H24N2O. The van der Waals surface area contributed by atoms with Crippen LogP contribution in [0.2, 0.25) is 0 Å². The maximum atomic E-state index is 9.52. The van der Waals surface area contributed by atoms with Crippen molar-refractivity contribution in [3.8, 4) is 0 Å². The molecule has 0 aromatic heterocycles. The van der Waals surface area contributed by atoms with Gasteiger partial charge in [0.1, 0.15) is 0 Å². The molecule has 0 aliphatic heterocycles. The fraction of sp³-hybridized carbons (Fsp3) is 0.588. The Bertz CT molecular complexity index is 519. The van der Waals surface area contributed by atoms with Crippen molar-refractivity contribution in [1.82, 2.24) is 5.32 Å². The van der Waals surface area contributed by atoms with Crippen molar-refractivity contribution in [2.45, 2.75) is 63.5 Å². The summed E-state index contributed by atoms with van der Waals surface area (Å²) in [6.07, 6.45) is 6.41. The van der Waals surface area contributed by atoms with E-state index in [1.165, 1.54) is 43.2 Å². The molecular weight excluding hydrogens is 248 g/mol. The minimum absolute atomic E-state index is 0.178. The molecule has 2 atom stereocenters. The number of hydrogen-bond acceptors (Lipinski definition) is 3. The lowest BCUT2D eigenvalue weighted by Gasteiger charge is -2.35. The second-order valence-corrected chi connectivity index (χ2v) is 6.40. The largest absolute Gasteiger partial charge is 0.411 e. The van der Waals surface area contributed by atoms with Crippen LogP contribution in [0.15, 0.2) is 29.4 Å². The lowest BCUT2D eigenvalue weighted by Crippen LogP contribution is -2.50. The fourth-order valence-corrected chi connectivity index (χ4v) is 4.04. The molecule has 3 heteroatoms. The topological polar surface area (TPSA) is 44.6 Å². The first-order valence-corrected chi connectivity index (χ1v) is 7.76. The van der Waals surface area contributed by atoms with Gasteiger partial charge in [-0.05, 0) is 30.9 Å². The normalized spacial score (nSPS) is 32.5. The predicted octanol–water partition coefficient (Wildman–Crippen LogP) is 3.77. The summed E-state index contributed by atoms with van der Waals surface area (Å²) in [5, 5.41) is 17.0. The SMILES string of the molecule is CC1C(=NO)C(C)(NC2CCCCC2)c2ccccc21. The van der Waals surface area contributed by atoms with E-state index in [1.807, 2.05) is 0 Å². The summed E-state index contributed by atoms with van der Waals surface area (Å²) in [6, 6.07) is 8.99. The Morgan fingerprint density at radius 1 is 1.20 bits per heavy atom. The first-order chi connectivity index (χ1) is 9.66. The van der Waals surface area contributed by atoms with Gasteiger partial charge in [-0.3, -0.25) is 0 Å². The lowest BCUT2D eigenvalue weighted by atomic mass is 9.87. The van der Waals surface area contributed by atoms with E-state index in [0.29, 0.717) is 6.04 Å². The highest BCUT2D eigenvalue weighted by Crippen LogP contribution is 2.42. The molecule has 0 amide bonds. The number of hydrogen-bond donors (Lipinski definition) is 2. The van der Waals surface area contributed by atoms with Gasteiger partial charge in [-0.25, -0.2) is 0 Å². The molecule has 0 saturated heterocycles. The van der Waals surface area contributed by atoms with Crippen molar-refractivity contribution in [2.75, 3.05) is 0 Å². The molecule has 0 radical (unpaired) electrons. The van der Waals surface area contributed by atoms with Gasteiger partial charge < -0.3 is 10.5 Å². The van der Waals surface area contributed by atoms with Gasteiger partial charge in [-0.2, -0.15) is 0 Å². The number of benzene rings is 1. The highest BCUT2D eigenvalue weighted by atomic mass is 16.4. The van der Waals surface area contributed by atoms with E-state index in [1.54, 1.807) is 0 Å². The van der Waals surface area contributed by atoms with E-state index >= 15 is 0 Å². The quantitative estimate of drug-likeness (QED) is 0.636. The van der Waals surface area contributed by atoms with Crippen molar-refractivity contribution in [1.29, 1.82) is 0 Å². The van der Waals surface area contributed by atoms with Crippen LogP contribution in [0.4, 0.5) is 0 Å². The second kappa shape index (κ2) is 5.21. The molecule has 2 unspecified atom stereocenters. The summed E-state index contributed by atoms with van der Waals surface area (Å²) >= 11 is 0. The average molecular weight is 272 g/mol. The van der Waals surface area contributed by atoms with E-state index in [2.05, 4.69) is 48.6 Å². The summed E-state index contributed by atoms with van der Waals surface area (Å²) in [4.78, 5) is 0. The standard InChI is InChI=1S/C17H24N2O/c1-12-14-10-6-7-11-15(14)17(2,16(12)19-20)18-13-8-4-3-5-9-13/h6-7,10-13,18,20H,3-5,8-9H2,1-2H3. The van der Waals surface area contributed by atoms with Crippen molar-refractivity contribution >= 4 is 5.71 Å². The van der Waals surface area contributed by atoms with Gasteiger partial charge in [0.15, 0.2) is 0 Å². The molecule has 3 nitrogen and oxygen atoms in total. The van der Waals surface area contributed by atoms with Gasteiger partial charge in [-0.15, -0.1) is 0 Å². The highest BCUT2D eigenvalue weighted by Gasteiger charge is 2.45. The van der Waals surface area contributed by atoms with Gasteiger partial charge in [0.05, 0.1) is 11.3 Å². The molecule has 20 heavy (non-hydrogen) atoms. The van der Waals surface area contributed by atoms with E-state index in [-0.39, 0.29) is 11.5 Å². The first kappa shape index (κ1) is 13.6. The molecule has 3 rings (SSSR count). The van der Waals surface area contributed by atoms with Crippen molar-refractivity contribution in [2.24, 2.45) is 5.16 Å². The van der Waals surface area contributed by atoms with Crippen molar-refractivity contribution in [3.63, 3.8) is 0 Å². The number of oxime groups is 1. The molecule has 0 heterocycles. The van der Waals surface area contributed by atoms with Crippen LogP contribution in [0.1, 0.15) is 63.0 Å². The van der Waals surface area contributed by atoms with Gasteiger partial charge in [0.25, 0.3) is 0 Å². The van der Waals surface area contributed by atoms with E-state index in [4.69, 9.17) is 0 Å². The van der Waals surface area contributed by atoms with E-state index < -0.39 is 0 Å². The van der Waals surface area contributed by atoms with Crippen LogP contribution >= 0.6 is 0 Å². The minimum Gasteiger partial charge on any atom is -0.411 e. The lowest BCUT2D eigenvalue weighted by molar-refractivity contribution is 0.291. The summed E-state index contributed by atoms with van der Waals surface area (Å²) < 4.78 is 0. The third-order valence-corrected chi connectivity index (χ3v) is 5.09. The molecule has 1 aromatic rings. The Hall–Kier alpha value is -1.35. The molecule has 2 N–H and O–H groups in total. The molecule has 1 aromatic carbocycles. The summed E-state index contributed by atoms with van der Waals surface area (Å²) in [6.45, 7) is 4.29. The monoisotopic (exact) mass is 272 g/mol. The maximum Gasteiger partial charge on any atom is 0.0885 e. The zero-order valence-electron chi connectivity index (χ0n) is 12.4. The smallest absolute Gasteiger partial charge is 0.0885 e. The Morgan fingerprint density at radius 2 is 1.90 bits per heavy atom. The van der Waals surface area contributed by atoms with Crippen LogP contribution < -0.4 is 5.32 Å². The van der Waals surface area contributed by atoms with E-state index in [0.717, 1.165) is 5.71 Å². The van der Waals surface area contributed by atoms with Gasteiger partial charge in [-0.1, -0.05) is 55.6 Å². The van der Waals surface area contributed by atoms with Gasteiger partial charge >= 0.3 is 0 Å². The minimum atomic E-state index is -0.327. The number of rotatable bonds is 2. The predicted molar refractivity (Wildman–Crippen MR) is 81.4 cm³/mol. The molecule has 0 bridgehead atoms. The Labute approximate surface area is 121 Å². The zero-order chi connectivity index (χ0) is 14.2. The summed E-state index contributed by atoms with van der Waals surface area (Å²) in [7, 11) is 0. The molecule has 1 saturated carbocycles. The maximum absolute atomic E-state index is 9.52. The van der Waals surface area contributed by atoms with Crippen LogP contribution in [-0.2, 0) is 5.54 Å². The van der Waals surface area contributed by atoms with E-state index in [9.17, 15) is 5.21 Å². The van der Waals surface area contributed by atoms with Crippen LogP contribution in [-0.4, -0.2) is 17.0 Å². The second-order valence-electron chi connectivity index (χ2n) is 6.40. The Kier molecular flexibility index (Phi) is 3.55. The van der Waals surface area contributed by atoms with Crippen LogP contribution in [0.3, 0.4) is 0 Å². The Morgan fingerprint density at radius 3 is 2.60 bits per heavy atom. The summed E-state index contributed by atoms with van der Waals surface area (Å²) in [5.74, 6) is 0.178.